The highest BCUT2D eigenvalue weighted by molar-refractivity contribution is 6.31. The maximum atomic E-state index is 11.1. The summed E-state index contributed by atoms with van der Waals surface area (Å²) in [6.07, 6.45) is 5.29. The predicted octanol–water partition coefficient (Wildman–Crippen LogP) is 5.80. The number of pyridine rings is 1. The van der Waals surface area contributed by atoms with Crippen LogP contribution < -0.4 is 14.9 Å². The lowest BCUT2D eigenvalue weighted by Gasteiger charge is -2.17. The van der Waals surface area contributed by atoms with E-state index in [0.29, 0.717) is 35.1 Å². The van der Waals surface area contributed by atoms with Crippen molar-refractivity contribution >= 4 is 29.3 Å². The van der Waals surface area contributed by atoms with Crippen LogP contribution in [0.3, 0.4) is 0 Å². The molecule has 8 nitrogen and oxygen atoms in total. The number of halogens is 1. The van der Waals surface area contributed by atoms with Crippen molar-refractivity contribution in [1.29, 1.82) is 0 Å². The zero-order valence-electron chi connectivity index (χ0n) is 18.0. The highest BCUT2D eigenvalue weighted by Gasteiger charge is 2.15. The molecule has 3 aromatic rings. The molecular weight excluding hydrogens is 444 g/mol. The third-order valence-electron chi connectivity index (χ3n) is 4.52. The third-order valence-corrected chi connectivity index (χ3v) is 4.88. The van der Waals surface area contributed by atoms with Gasteiger partial charge in [0.1, 0.15) is 6.61 Å². The van der Waals surface area contributed by atoms with Gasteiger partial charge in [-0.25, -0.2) is 4.98 Å². The van der Waals surface area contributed by atoms with Crippen LogP contribution in [0.2, 0.25) is 5.02 Å². The number of ether oxygens (including phenoxy) is 2. The van der Waals surface area contributed by atoms with Crippen molar-refractivity contribution in [3.05, 3.63) is 99.2 Å². The molecule has 0 spiro atoms. The molecule has 9 heteroatoms. The molecule has 0 bridgehead atoms. The zero-order valence-corrected chi connectivity index (χ0v) is 18.8. The van der Waals surface area contributed by atoms with Gasteiger partial charge in [-0.15, -0.1) is 6.58 Å². The third kappa shape index (κ3) is 6.30. The standard InChI is InChI=1S/C24H23ClN4O4/c1-3-8-18-13-17(15-27-28-24-21(29(30)31)11-7-12-26-24)14-22(32-4-2)23(18)33-16-19-9-5-6-10-20(19)25/h3,5-7,9-15H,1,4,8,16H2,2H3,(H,26,28)/b27-15-. The first-order chi connectivity index (χ1) is 16.0. The van der Waals surface area contributed by atoms with E-state index in [2.05, 4.69) is 22.1 Å². The summed E-state index contributed by atoms with van der Waals surface area (Å²) in [6, 6.07) is 14.0. The fourth-order valence-electron chi connectivity index (χ4n) is 3.06. The number of aromatic nitrogens is 1. The molecule has 1 N–H and O–H groups in total. The molecule has 1 heterocycles. The molecule has 0 amide bonds. The summed E-state index contributed by atoms with van der Waals surface area (Å²) in [5, 5.41) is 15.9. The summed E-state index contributed by atoms with van der Waals surface area (Å²) in [4.78, 5) is 14.6. The Morgan fingerprint density at radius 3 is 2.76 bits per heavy atom. The Balaban J connectivity index is 1.87. The summed E-state index contributed by atoms with van der Waals surface area (Å²) in [6.45, 7) is 6.43. The van der Waals surface area contributed by atoms with Crippen LogP contribution in [0.15, 0.2) is 72.5 Å². The van der Waals surface area contributed by atoms with Gasteiger partial charge in [-0.2, -0.15) is 5.10 Å². The number of rotatable bonds is 11. The van der Waals surface area contributed by atoms with Crippen LogP contribution in [0.4, 0.5) is 11.5 Å². The fraction of sp³-hybridized carbons (Fsp3) is 0.167. The van der Waals surface area contributed by atoms with E-state index in [-0.39, 0.29) is 18.1 Å². The van der Waals surface area contributed by atoms with Gasteiger partial charge in [0.15, 0.2) is 11.5 Å². The Labute approximate surface area is 196 Å². The van der Waals surface area contributed by atoms with E-state index < -0.39 is 4.92 Å². The first-order valence-electron chi connectivity index (χ1n) is 10.2. The molecule has 33 heavy (non-hydrogen) atoms. The van der Waals surface area contributed by atoms with Crippen LogP contribution in [-0.2, 0) is 13.0 Å². The van der Waals surface area contributed by atoms with Gasteiger partial charge in [0.2, 0.25) is 5.82 Å². The minimum Gasteiger partial charge on any atom is -0.490 e. The summed E-state index contributed by atoms with van der Waals surface area (Å²) in [7, 11) is 0. The minimum absolute atomic E-state index is 0.0507. The number of anilines is 1. The molecule has 0 aliphatic carbocycles. The number of hydrogen-bond acceptors (Lipinski definition) is 7. The molecule has 0 fully saturated rings. The van der Waals surface area contributed by atoms with E-state index in [9.17, 15) is 10.1 Å². The minimum atomic E-state index is -0.522. The molecule has 0 aliphatic rings. The number of hydrazone groups is 1. The van der Waals surface area contributed by atoms with Crippen LogP contribution in [0.1, 0.15) is 23.6 Å². The molecule has 0 unspecified atom stereocenters. The number of allylic oxidation sites excluding steroid dienone is 1. The van der Waals surface area contributed by atoms with Gasteiger partial charge >= 0.3 is 5.69 Å². The molecule has 170 valence electrons. The Hall–Kier alpha value is -3.91. The Kier molecular flexibility index (Phi) is 8.37. The topological polar surface area (TPSA) is 98.9 Å². The summed E-state index contributed by atoms with van der Waals surface area (Å²) in [5.74, 6) is 1.20. The molecule has 2 aromatic carbocycles. The van der Waals surface area contributed by atoms with Crippen molar-refractivity contribution in [2.24, 2.45) is 5.10 Å². The molecule has 3 rings (SSSR count). The molecule has 0 saturated heterocycles. The highest BCUT2D eigenvalue weighted by atomic mass is 35.5. The molecule has 0 atom stereocenters. The van der Waals surface area contributed by atoms with Gasteiger partial charge in [-0.3, -0.25) is 15.5 Å². The summed E-state index contributed by atoms with van der Waals surface area (Å²) < 4.78 is 11.9. The Morgan fingerprint density at radius 1 is 1.21 bits per heavy atom. The highest BCUT2D eigenvalue weighted by Crippen LogP contribution is 2.35. The monoisotopic (exact) mass is 466 g/mol. The van der Waals surface area contributed by atoms with Crippen molar-refractivity contribution < 1.29 is 14.4 Å². The lowest BCUT2D eigenvalue weighted by atomic mass is 10.1. The van der Waals surface area contributed by atoms with E-state index >= 15 is 0 Å². The second-order valence-electron chi connectivity index (χ2n) is 6.81. The molecule has 0 radical (unpaired) electrons. The second kappa shape index (κ2) is 11.6. The number of nitro groups is 1. The van der Waals surface area contributed by atoms with Gasteiger partial charge in [0.25, 0.3) is 0 Å². The number of nitrogens with zero attached hydrogens (tertiary/aromatic N) is 3. The van der Waals surface area contributed by atoms with Gasteiger partial charge in [-0.05, 0) is 43.2 Å². The maximum absolute atomic E-state index is 11.1. The average Bonchev–Trinajstić information content (AvgIpc) is 2.80. The van der Waals surface area contributed by atoms with Crippen molar-refractivity contribution in [3.63, 3.8) is 0 Å². The first-order valence-corrected chi connectivity index (χ1v) is 10.6. The van der Waals surface area contributed by atoms with Crippen molar-refractivity contribution in [1.82, 2.24) is 4.98 Å². The predicted molar refractivity (Wildman–Crippen MR) is 129 cm³/mol. The molecule has 1 aromatic heterocycles. The smallest absolute Gasteiger partial charge is 0.313 e. The summed E-state index contributed by atoms with van der Waals surface area (Å²) in [5.41, 5.74) is 4.89. The zero-order chi connectivity index (χ0) is 23.6. The lowest BCUT2D eigenvalue weighted by molar-refractivity contribution is -0.384. The average molecular weight is 467 g/mol. The SMILES string of the molecule is C=CCc1cc(/C=N\Nc2ncccc2[N+](=O)[O-])cc(OCC)c1OCc1ccccc1Cl. The summed E-state index contributed by atoms with van der Waals surface area (Å²) >= 11 is 6.26. The quantitative estimate of drug-likeness (QED) is 0.166. The first kappa shape index (κ1) is 23.7. The van der Waals surface area contributed by atoms with Gasteiger partial charge < -0.3 is 9.47 Å². The number of hydrogen-bond donors (Lipinski definition) is 1. The molecular formula is C24H23ClN4O4. The Bertz CT molecular complexity index is 1170. The Morgan fingerprint density at radius 2 is 2.03 bits per heavy atom. The van der Waals surface area contributed by atoms with E-state index in [1.807, 2.05) is 37.3 Å². The number of nitrogens with one attached hydrogen (secondary N) is 1. The van der Waals surface area contributed by atoms with E-state index in [1.54, 1.807) is 12.1 Å². The maximum Gasteiger partial charge on any atom is 0.313 e. The van der Waals surface area contributed by atoms with Gasteiger partial charge in [0.05, 0.1) is 17.7 Å². The van der Waals surface area contributed by atoms with E-state index in [0.717, 1.165) is 11.1 Å². The van der Waals surface area contributed by atoms with Crippen LogP contribution in [0, 0.1) is 10.1 Å². The van der Waals surface area contributed by atoms with Gasteiger partial charge in [-0.1, -0.05) is 35.9 Å². The largest absolute Gasteiger partial charge is 0.490 e. The lowest BCUT2D eigenvalue weighted by Crippen LogP contribution is -2.04. The van der Waals surface area contributed by atoms with E-state index in [1.165, 1.54) is 24.5 Å². The molecule has 0 aliphatic heterocycles. The van der Waals surface area contributed by atoms with Crippen LogP contribution in [0.25, 0.3) is 0 Å². The normalized spacial score (nSPS) is 10.7. The number of benzene rings is 2. The fourth-order valence-corrected chi connectivity index (χ4v) is 3.25. The second-order valence-corrected chi connectivity index (χ2v) is 7.22. The van der Waals surface area contributed by atoms with Gasteiger partial charge in [0, 0.05) is 28.4 Å². The van der Waals surface area contributed by atoms with Crippen molar-refractivity contribution in [2.45, 2.75) is 20.0 Å². The van der Waals surface area contributed by atoms with Crippen LogP contribution in [-0.4, -0.2) is 22.7 Å². The van der Waals surface area contributed by atoms with Crippen molar-refractivity contribution in [3.8, 4) is 11.5 Å². The van der Waals surface area contributed by atoms with Crippen LogP contribution in [0.5, 0.6) is 11.5 Å². The van der Waals surface area contributed by atoms with E-state index in [4.69, 9.17) is 21.1 Å². The van der Waals surface area contributed by atoms with Crippen LogP contribution >= 0.6 is 11.6 Å². The molecule has 0 saturated carbocycles. The van der Waals surface area contributed by atoms with Crippen molar-refractivity contribution in [2.75, 3.05) is 12.0 Å².